The Morgan fingerprint density at radius 1 is 1.50 bits per heavy atom. The minimum Gasteiger partial charge on any atom is -0.387 e. The van der Waals surface area contributed by atoms with E-state index in [1.165, 1.54) is 0 Å². The van der Waals surface area contributed by atoms with E-state index < -0.39 is 6.10 Å². The smallest absolute Gasteiger partial charge is 0.111 e. The lowest BCUT2D eigenvalue weighted by Gasteiger charge is -2.33. The van der Waals surface area contributed by atoms with Gasteiger partial charge in [-0.2, -0.15) is 0 Å². The molecule has 0 bridgehead atoms. The number of hydrogen-bond donors (Lipinski definition) is 1. The SMILES string of the molecule is CCC(O)c1cn(CC2CN(CC(C)C)CCO2)nn1. The van der Waals surface area contributed by atoms with Crippen LogP contribution in [-0.4, -0.2) is 57.3 Å². The average Bonchev–Trinajstić information content (AvgIpc) is 2.86. The van der Waals surface area contributed by atoms with Crippen LogP contribution in [0.2, 0.25) is 0 Å². The Kier molecular flexibility index (Phi) is 5.51. The van der Waals surface area contributed by atoms with Gasteiger partial charge in [0.25, 0.3) is 0 Å². The second-order valence-electron chi connectivity index (χ2n) is 5.94. The molecule has 0 spiro atoms. The number of aliphatic hydroxyl groups excluding tert-OH is 1. The molecule has 0 radical (unpaired) electrons. The van der Waals surface area contributed by atoms with E-state index >= 15 is 0 Å². The molecule has 20 heavy (non-hydrogen) atoms. The minimum absolute atomic E-state index is 0.149. The first-order valence-electron chi connectivity index (χ1n) is 7.50. The van der Waals surface area contributed by atoms with Crippen LogP contribution in [0.25, 0.3) is 0 Å². The van der Waals surface area contributed by atoms with Gasteiger partial charge in [0.2, 0.25) is 0 Å². The summed E-state index contributed by atoms with van der Waals surface area (Å²) in [4.78, 5) is 2.44. The molecule has 1 aliphatic rings. The molecule has 1 aromatic heterocycles. The molecule has 2 heterocycles. The van der Waals surface area contributed by atoms with E-state index in [9.17, 15) is 5.11 Å². The maximum atomic E-state index is 9.73. The van der Waals surface area contributed by atoms with Gasteiger partial charge in [0.1, 0.15) is 5.69 Å². The van der Waals surface area contributed by atoms with Crippen LogP contribution in [-0.2, 0) is 11.3 Å². The van der Waals surface area contributed by atoms with E-state index in [0.717, 1.165) is 26.2 Å². The molecule has 2 rings (SSSR count). The third-order valence-electron chi connectivity index (χ3n) is 3.52. The number of rotatable bonds is 6. The summed E-state index contributed by atoms with van der Waals surface area (Å²) in [6, 6.07) is 0. The highest BCUT2D eigenvalue weighted by Gasteiger charge is 2.22. The van der Waals surface area contributed by atoms with Crippen LogP contribution in [0.15, 0.2) is 6.20 Å². The molecule has 1 saturated heterocycles. The van der Waals surface area contributed by atoms with Crippen molar-refractivity contribution in [2.24, 2.45) is 5.92 Å². The number of aromatic nitrogens is 3. The fourth-order valence-corrected chi connectivity index (χ4v) is 2.55. The topological polar surface area (TPSA) is 63.4 Å². The zero-order chi connectivity index (χ0) is 14.5. The fraction of sp³-hybridized carbons (Fsp3) is 0.857. The Morgan fingerprint density at radius 3 is 3.00 bits per heavy atom. The standard InChI is InChI=1S/C14H26N4O2/c1-4-14(19)13-10-18(16-15-13)9-12-8-17(5-6-20-12)7-11(2)3/h10-12,14,19H,4-9H2,1-3H3. The maximum Gasteiger partial charge on any atom is 0.111 e. The predicted octanol–water partition coefficient (Wildman–Crippen LogP) is 1.08. The summed E-state index contributed by atoms with van der Waals surface area (Å²) in [5.41, 5.74) is 0.641. The largest absolute Gasteiger partial charge is 0.387 e. The van der Waals surface area contributed by atoms with Crippen molar-refractivity contribution in [3.8, 4) is 0 Å². The molecule has 6 nitrogen and oxygen atoms in total. The number of hydrogen-bond acceptors (Lipinski definition) is 5. The highest BCUT2D eigenvalue weighted by atomic mass is 16.5. The van der Waals surface area contributed by atoms with E-state index in [2.05, 4.69) is 29.1 Å². The fourth-order valence-electron chi connectivity index (χ4n) is 2.55. The van der Waals surface area contributed by atoms with Gasteiger partial charge < -0.3 is 9.84 Å². The van der Waals surface area contributed by atoms with Gasteiger partial charge in [-0.25, -0.2) is 4.68 Å². The van der Waals surface area contributed by atoms with Crippen LogP contribution in [0.1, 0.15) is 39.0 Å². The van der Waals surface area contributed by atoms with Crippen molar-refractivity contribution in [2.45, 2.75) is 45.9 Å². The Balaban J connectivity index is 1.87. The maximum absolute atomic E-state index is 9.73. The van der Waals surface area contributed by atoms with Gasteiger partial charge in [0.15, 0.2) is 0 Å². The number of nitrogens with zero attached hydrogens (tertiary/aromatic N) is 4. The van der Waals surface area contributed by atoms with Gasteiger partial charge >= 0.3 is 0 Å². The summed E-state index contributed by atoms with van der Waals surface area (Å²) in [5, 5.41) is 17.8. The second kappa shape index (κ2) is 7.15. The summed E-state index contributed by atoms with van der Waals surface area (Å²) < 4.78 is 7.57. The molecular weight excluding hydrogens is 256 g/mol. The lowest BCUT2D eigenvalue weighted by atomic mass is 10.2. The van der Waals surface area contributed by atoms with Crippen molar-refractivity contribution in [1.29, 1.82) is 0 Å². The van der Waals surface area contributed by atoms with Crippen LogP contribution in [0.3, 0.4) is 0 Å². The first kappa shape index (κ1) is 15.4. The summed E-state index contributed by atoms with van der Waals surface area (Å²) in [7, 11) is 0. The summed E-state index contributed by atoms with van der Waals surface area (Å²) in [6.45, 7) is 10.9. The van der Waals surface area contributed by atoms with Crippen LogP contribution in [0.4, 0.5) is 0 Å². The molecule has 0 aromatic carbocycles. The molecule has 1 aromatic rings. The zero-order valence-corrected chi connectivity index (χ0v) is 12.7. The van der Waals surface area contributed by atoms with Crippen LogP contribution in [0.5, 0.6) is 0 Å². The molecule has 1 fully saturated rings. The summed E-state index contributed by atoms with van der Waals surface area (Å²) in [5.74, 6) is 0.673. The molecule has 0 amide bonds. The molecular formula is C14H26N4O2. The van der Waals surface area contributed by atoms with Crippen molar-refractivity contribution < 1.29 is 9.84 Å². The van der Waals surface area contributed by atoms with Crippen LogP contribution < -0.4 is 0 Å². The van der Waals surface area contributed by atoms with Crippen LogP contribution >= 0.6 is 0 Å². The van der Waals surface area contributed by atoms with Gasteiger partial charge in [-0.05, 0) is 12.3 Å². The van der Waals surface area contributed by atoms with Gasteiger partial charge in [-0.1, -0.05) is 26.0 Å². The lowest BCUT2D eigenvalue weighted by molar-refractivity contribution is -0.0406. The van der Waals surface area contributed by atoms with E-state index in [-0.39, 0.29) is 6.10 Å². The Bertz CT molecular complexity index is 408. The first-order valence-corrected chi connectivity index (χ1v) is 7.50. The molecule has 0 saturated carbocycles. The Morgan fingerprint density at radius 2 is 2.30 bits per heavy atom. The lowest BCUT2D eigenvalue weighted by Crippen LogP contribution is -2.45. The third kappa shape index (κ3) is 4.26. The molecule has 6 heteroatoms. The molecule has 1 aliphatic heterocycles. The molecule has 1 N–H and O–H groups in total. The molecule has 0 aliphatic carbocycles. The van der Waals surface area contributed by atoms with E-state index in [1.807, 2.05) is 13.1 Å². The minimum atomic E-state index is -0.520. The van der Waals surface area contributed by atoms with Crippen molar-refractivity contribution in [3.05, 3.63) is 11.9 Å². The van der Waals surface area contributed by atoms with Gasteiger partial charge in [0, 0.05) is 19.6 Å². The van der Waals surface area contributed by atoms with Crippen molar-refractivity contribution >= 4 is 0 Å². The molecule has 114 valence electrons. The average molecular weight is 282 g/mol. The monoisotopic (exact) mass is 282 g/mol. The van der Waals surface area contributed by atoms with E-state index in [1.54, 1.807) is 4.68 Å². The molecule has 2 unspecified atom stereocenters. The highest BCUT2D eigenvalue weighted by Crippen LogP contribution is 2.13. The first-order chi connectivity index (χ1) is 9.58. The number of morpholine rings is 1. The van der Waals surface area contributed by atoms with Crippen molar-refractivity contribution in [1.82, 2.24) is 19.9 Å². The predicted molar refractivity (Wildman–Crippen MR) is 76.3 cm³/mol. The van der Waals surface area contributed by atoms with Gasteiger partial charge in [-0.3, -0.25) is 4.90 Å². The van der Waals surface area contributed by atoms with Gasteiger partial charge in [-0.15, -0.1) is 5.10 Å². The van der Waals surface area contributed by atoms with Crippen molar-refractivity contribution in [3.63, 3.8) is 0 Å². The highest BCUT2D eigenvalue weighted by molar-refractivity contribution is 4.96. The number of aliphatic hydroxyl groups is 1. The summed E-state index contributed by atoms with van der Waals surface area (Å²) >= 11 is 0. The quantitative estimate of drug-likeness (QED) is 0.846. The van der Waals surface area contributed by atoms with E-state index in [4.69, 9.17) is 4.74 Å². The third-order valence-corrected chi connectivity index (χ3v) is 3.52. The van der Waals surface area contributed by atoms with E-state index in [0.29, 0.717) is 24.6 Å². The van der Waals surface area contributed by atoms with Crippen molar-refractivity contribution in [2.75, 3.05) is 26.2 Å². The Labute approximate surface area is 120 Å². The van der Waals surface area contributed by atoms with Crippen LogP contribution in [0, 0.1) is 5.92 Å². The Hall–Kier alpha value is -0.980. The summed E-state index contributed by atoms with van der Waals surface area (Å²) in [6.07, 6.45) is 2.10. The number of ether oxygens (including phenoxy) is 1. The normalized spacial score (nSPS) is 22.4. The van der Waals surface area contributed by atoms with Gasteiger partial charge in [0.05, 0.1) is 31.6 Å². The molecule has 2 atom stereocenters. The zero-order valence-electron chi connectivity index (χ0n) is 12.7. The second-order valence-corrected chi connectivity index (χ2v) is 5.94.